The van der Waals surface area contributed by atoms with Gasteiger partial charge < -0.3 is 9.80 Å². The summed E-state index contributed by atoms with van der Waals surface area (Å²) in [5, 5.41) is 0. The van der Waals surface area contributed by atoms with Crippen LogP contribution >= 0.6 is 11.8 Å². The van der Waals surface area contributed by atoms with Gasteiger partial charge in [-0.1, -0.05) is 60.7 Å². The predicted molar refractivity (Wildman–Crippen MR) is 118 cm³/mol. The van der Waals surface area contributed by atoms with Crippen molar-refractivity contribution in [2.75, 3.05) is 37.7 Å². The number of carbonyl (C=O) groups excluding carboxylic acids is 1. The maximum absolute atomic E-state index is 13.9. The molecule has 2 aliphatic rings. The summed E-state index contributed by atoms with van der Waals surface area (Å²) in [6.07, 6.45) is 3.68. The lowest BCUT2D eigenvalue weighted by atomic mass is 9.89. The molecule has 0 unspecified atom stereocenters. The zero-order chi connectivity index (χ0) is 19.2. The number of thioether (sulfide) groups is 1. The van der Waals surface area contributed by atoms with Crippen LogP contribution in [0.1, 0.15) is 36.3 Å². The number of hydrogen-bond acceptors (Lipinski definition) is 3. The second kappa shape index (κ2) is 9.62. The topological polar surface area (TPSA) is 23.6 Å². The van der Waals surface area contributed by atoms with Crippen LogP contribution in [-0.4, -0.2) is 59.4 Å². The third-order valence-electron chi connectivity index (χ3n) is 5.90. The molecule has 2 aromatic rings. The third-order valence-corrected chi connectivity index (χ3v) is 7.10. The average Bonchev–Trinajstić information content (AvgIpc) is 3.14. The number of rotatable bonds is 5. The van der Waals surface area contributed by atoms with Gasteiger partial charge in [0.15, 0.2) is 0 Å². The van der Waals surface area contributed by atoms with E-state index in [9.17, 15) is 4.79 Å². The fraction of sp³-hybridized carbons (Fsp3) is 0.458. The molecule has 0 aliphatic carbocycles. The Morgan fingerprint density at radius 3 is 2.11 bits per heavy atom. The van der Waals surface area contributed by atoms with E-state index >= 15 is 0 Å². The Morgan fingerprint density at radius 1 is 0.893 bits per heavy atom. The summed E-state index contributed by atoms with van der Waals surface area (Å²) in [5.41, 5.74) is 2.19. The Bertz CT molecular complexity index is 706. The molecule has 0 radical (unpaired) electrons. The van der Waals surface area contributed by atoms with Gasteiger partial charge in [-0.05, 0) is 49.2 Å². The first kappa shape index (κ1) is 19.5. The number of likely N-dealkylation sites (tertiary alicyclic amines) is 1. The molecule has 2 heterocycles. The molecule has 0 spiro atoms. The first-order valence-electron chi connectivity index (χ1n) is 10.5. The summed E-state index contributed by atoms with van der Waals surface area (Å²) in [6.45, 7) is 4.27. The summed E-state index contributed by atoms with van der Waals surface area (Å²) < 4.78 is 0. The lowest BCUT2D eigenvalue weighted by Crippen LogP contribution is -2.49. The van der Waals surface area contributed by atoms with Gasteiger partial charge in [0.05, 0.1) is 12.0 Å². The van der Waals surface area contributed by atoms with Crippen LogP contribution < -0.4 is 0 Å². The van der Waals surface area contributed by atoms with E-state index in [-0.39, 0.29) is 11.8 Å². The number of carbonyl (C=O) groups is 1. The van der Waals surface area contributed by atoms with Crippen molar-refractivity contribution in [2.24, 2.45) is 0 Å². The minimum atomic E-state index is -0.216. The minimum absolute atomic E-state index is 0.216. The molecule has 28 heavy (non-hydrogen) atoms. The maximum Gasteiger partial charge on any atom is 0.234 e. The molecule has 4 rings (SSSR count). The van der Waals surface area contributed by atoms with Crippen molar-refractivity contribution in [1.29, 1.82) is 0 Å². The van der Waals surface area contributed by atoms with Gasteiger partial charge in [-0.3, -0.25) is 4.79 Å². The van der Waals surface area contributed by atoms with Gasteiger partial charge in [0, 0.05) is 18.8 Å². The standard InChI is InChI=1S/C24H30N2OS/c27-24(23(20-10-3-1-4-11-20)21-12-5-2-6-13-21)26-16-9-17-28-19-22(26)18-25-14-7-8-15-25/h1-6,10-13,22-23H,7-9,14-19H2/t22-/m1/s1. The molecule has 0 saturated carbocycles. The van der Waals surface area contributed by atoms with Crippen molar-refractivity contribution < 1.29 is 4.79 Å². The van der Waals surface area contributed by atoms with Crippen molar-refractivity contribution in [3.8, 4) is 0 Å². The van der Waals surface area contributed by atoms with E-state index in [4.69, 9.17) is 0 Å². The van der Waals surface area contributed by atoms with Crippen molar-refractivity contribution in [2.45, 2.75) is 31.2 Å². The van der Waals surface area contributed by atoms with Crippen molar-refractivity contribution in [3.63, 3.8) is 0 Å². The number of nitrogens with zero attached hydrogens (tertiary/aromatic N) is 2. The number of amides is 1. The lowest BCUT2D eigenvalue weighted by Gasteiger charge is -2.35. The van der Waals surface area contributed by atoms with Crippen LogP contribution in [0.25, 0.3) is 0 Å². The van der Waals surface area contributed by atoms with E-state index in [0.717, 1.165) is 42.1 Å². The Morgan fingerprint density at radius 2 is 1.50 bits per heavy atom. The van der Waals surface area contributed by atoms with Crippen molar-refractivity contribution >= 4 is 17.7 Å². The van der Waals surface area contributed by atoms with Crippen molar-refractivity contribution in [3.05, 3.63) is 71.8 Å². The summed E-state index contributed by atoms with van der Waals surface area (Å²) in [4.78, 5) is 18.7. The van der Waals surface area contributed by atoms with Crippen LogP contribution in [0.4, 0.5) is 0 Å². The van der Waals surface area contributed by atoms with Crippen LogP contribution in [0.5, 0.6) is 0 Å². The summed E-state index contributed by atoms with van der Waals surface area (Å²) in [6, 6.07) is 20.9. The van der Waals surface area contributed by atoms with E-state index in [2.05, 4.69) is 34.1 Å². The molecule has 4 heteroatoms. The quantitative estimate of drug-likeness (QED) is 0.757. The highest BCUT2D eigenvalue weighted by Crippen LogP contribution is 2.30. The zero-order valence-corrected chi connectivity index (χ0v) is 17.3. The van der Waals surface area contributed by atoms with Gasteiger partial charge >= 0.3 is 0 Å². The van der Waals surface area contributed by atoms with E-state index in [1.54, 1.807) is 0 Å². The second-order valence-electron chi connectivity index (χ2n) is 7.88. The fourth-order valence-electron chi connectivity index (χ4n) is 4.47. The summed E-state index contributed by atoms with van der Waals surface area (Å²) in [7, 11) is 0. The molecular weight excluding hydrogens is 364 g/mol. The summed E-state index contributed by atoms with van der Waals surface area (Å²) >= 11 is 2.01. The smallest absolute Gasteiger partial charge is 0.234 e. The molecule has 148 valence electrons. The normalized spacial score (nSPS) is 21.0. The second-order valence-corrected chi connectivity index (χ2v) is 9.03. The molecule has 0 N–H and O–H groups in total. The number of hydrogen-bond donors (Lipinski definition) is 0. The molecule has 2 saturated heterocycles. The van der Waals surface area contributed by atoms with Gasteiger partial charge in [-0.25, -0.2) is 0 Å². The van der Waals surface area contributed by atoms with Gasteiger partial charge in [0.25, 0.3) is 0 Å². The molecule has 3 nitrogen and oxygen atoms in total. The summed E-state index contributed by atoms with van der Waals surface area (Å²) in [5.74, 6) is 2.26. The Kier molecular flexibility index (Phi) is 6.71. The fourth-order valence-corrected chi connectivity index (χ4v) is 5.53. The minimum Gasteiger partial charge on any atom is -0.337 e. The van der Waals surface area contributed by atoms with Crippen LogP contribution in [-0.2, 0) is 4.79 Å². The Balaban J connectivity index is 1.63. The first-order chi connectivity index (χ1) is 13.8. The highest BCUT2D eigenvalue weighted by atomic mass is 32.2. The molecule has 1 amide bonds. The van der Waals surface area contributed by atoms with E-state index in [1.807, 2.05) is 48.2 Å². The van der Waals surface area contributed by atoms with Crippen LogP contribution in [0, 0.1) is 0 Å². The van der Waals surface area contributed by atoms with Gasteiger partial charge in [-0.2, -0.15) is 11.8 Å². The Labute approximate surface area is 173 Å². The molecule has 2 aliphatic heterocycles. The molecule has 1 atom stereocenters. The number of benzene rings is 2. The molecule has 2 fully saturated rings. The lowest BCUT2D eigenvalue weighted by molar-refractivity contribution is -0.134. The molecule has 0 aromatic heterocycles. The predicted octanol–water partition coefficient (Wildman–Crippen LogP) is 4.25. The largest absolute Gasteiger partial charge is 0.337 e. The zero-order valence-electron chi connectivity index (χ0n) is 16.5. The molecule has 2 aromatic carbocycles. The highest BCUT2D eigenvalue weighted by molar-refractivity contribution is 7.99. The Hall–Kier alpha value is -1.78. The van der Waals surface area contributed by atoms with E-state index in [0.29, 0.717) is 6.04 Å². The first-order valence-corrected chi connectivity index (χ1v) is 11.7. The van der Waals surface area contributed by atoms with Crippen LogP contribution in [0.3, 0.4) is 0 Å². The monoisotopic (exact) mass is 394 g/mol. The molecular formula is C24H30N2OS. The van der Waals surface area contributed by atoms with Gasteiger partial charge in [-0.15, -0.1) is 0 Å². The van der Waals surface area contributed by atoms with Crippen molar-refractivity contribution in [1.82, 2.24) is 9.80 Å². The SMILES string of the molecule is O=C(C(c1ccccc1)c1ccccc1)N1CCCSC[C@H]1CN1CCCC1. The van der Waals surface area contributed by atoms with Gasteiger partial charge in [0.2, 0.25) is 5.91 Å². The average molecular weight is 395 g/mol. The van der Waals surface area contributed by atoms with E-state index < -0.39 is 0 Å². The third kappa shape index (κ3) is 4.61. The van der Waals surface area contributed by atoms with Crippen LogP contribution in [0.15, 0.2) is 60.7 Å². The van der Waals surface area contributed by atoms with E-state index in [1.165, 1.54) is 25.9 Å². The molecule has 0 bridgehead atoms. The van der Waals surface area contributed by atoms with Crippen LogP contribution in [0.2, 0.25) is 0 Å². The highest BCUT2D eigenvalue weighted by Gasteiger charge is 2.33. The maximum atomic E-state index is 13.9. The van der Waals surface area contributed by atoms with Gasteiger partial charge in [0.1, 0.15) is 0 Å².